The maximum absolute atomic E-state index is 13.3. The van der Waals surface area contributed by atoms with Crippen molar-refractivity contribution >= 4 is 38.4 Å². The van der Waals surface area contributed by atoms with E-state index in [0.29, 0.717) is 28.9 Å². The minimum Gasteiger partial charge on any atom is -0.354 e. The van der Waals surface area contributed by atoms with Gasteiger partial charge in [-0.2, -0.15) is 4.72 Å². The van der Waals surface area contributed by atoms with E-state index in [9.17, 15) is 13.2 Å². The Morgan fingerprint density at radius 3 is 2.38 bits per heavy atom. The van der Waals surface area contributed by atoms with Crippen LogP contribution in [-0.4, -0.2) is 31.9 Å². The molecule has 0 spiro atoms. The number of nitrogens with one attached hydrogen (secondary N) is 2. The van der Waals surface area contributed by atoms with Gasteiger partial charge in [0.1, 0.15) is 10.9 Å². The van der Waals surface area contributed by atoms with Gasteiger partial charge in [-0.1, -0.05) is 72.3 Å². The lowest BCUT2D eigenvalue weighted by molar-refractivity contribution is -0.122. The number of hydrogen-bond donors (Lipinski definition) is 2. The number of carbonyl (C=O) groups excluding carboxylic acids is 1. The van der Waals surface area contributed by atoms with E-state index in [4.69, 9.17) is 11.6 Å². The molecule has 1 aromatic heterocycles. The van der Waals surface area contributed by atoms with E-state index >= 15 is 0 Å². The highest BCUT2D eigenvalue weighted by Crippen LogP contribution is 2.21. The number of nitrogens with zero attached hydrogens (tertiary/aromatic N) is 1. The fraction of sp³-hybridized carbons (Fsp3) is 0.154. The van der Waals surface area contributed by atoms with E-state index in [-0.39, 0.29) is 11.3 Å². The Labute approximate surface area is 204 Å². The van der Waals surface area contributed by atoms with Crippen molar-refractivity contribution in [1.82, 2.24) is 15.0 Å². The summed E-state index contributed by atoms with van der Waals surface area (Å²) in [5.41, 5.74) is 2.23. The van der Waals surface area contributed by atoms with Crippen LogP contribution in [0.2, 0.25) is 5.02 Å². The van der Waals surface area contributed by atoms with E-state index in [1.54, 1.807) is 42.6 Å². The second-order valence-electron chi connectivity index (χ2n) is 7.86. The van der Waals surface area contributed by atoms with Crippen LogP contribution in [0.3, 0.4) is 0 Å². The average molecular weight is 494 g/mol. The minimum atomic E-state index is -4.02. The van der Waals surface area contributed by atoms with E-state index in [2.05, 4.69) is 15.0 Å². The minimum absolute atomic E-state index is 0.0395. The summed E-state index contributed by atoms with van der Waals surface area (Å²) in [5, 5.41) is 4.22. The summed E-state index contributed by atoms with van der Waals surface area (Å²) in [6.45, 7) is 0.364. The van der Waals surface area contributed by atoms with Crippen LogP contribution in [0.1, 0.15) is 11.1 Å². The molecule has 1 atom stereocenters. The van der Waals surface area contributed by atoms with Crippen molar-refractivity contribution in [2.24, 2.45) is 0 Å². The predicted molar refractivity (Wildman–Crippen MR) is 134 cm³/mol. The number of rotatable bonds is 9. The molecule has 1 amide bonds. The summed E-state index contributed by atoms with van der Waals surface area (Å²) in [6.07, 6.45) is 2.36. The lowest BCUT2D eigenvalue weighted by atomic mass is 10.1. The molecule has 0 radical (unpaired) electrons. The summed E-state index contributed by atoms with van der Waals surface area (Å²) in [6, 6.07) is 24.2. The number of sulfonamides is 1. The Bertz CT molecular complexity index is 1370. The van der Waals surface area contributed by atoms with Crippen molar-refractivity contribution in [3.05, 3.63) is 107 Å². The molecule has 8 heteroatoms. The predicted octanol–water partition coefficient (Wildman–Crippen LogP) is 4.14. The number of fused-ring (bicyclic) bond motifs is 1. The zero-order valence-corrected chi connectivity index (χ0v) is 19.9. The van der Waals surface area contributed by atoms with Crippen LogP contribution in [0.4, 0.5) is 0 Å². The molecule has 4 rings (SSSR count). The average Bonchev–Trinajstić information content (AvgIpc) is 2.85. The summed E-state index contributed by atoms with van der Waals surface area (Å²) in [4.78, 5) is 17.4. The third-order valence-electron chi connectivity index (χ3n) is 5.41. The maximum atomic E-state index is 13.3. The van der Waals surface area contributed by atoms with Crippen molar-refractivity contribution in [1.29, 1.82) is 0 Å². The highest BCUT2D eigenvalue weighted by molar-refractivity contribution is 7.89. The molecule has 2 N–H and O–H groups in total. The summed E-state index contributed by atoms with van der Waals surface area (Å²) in [5.74, 6) is -0.394. The van der Waals surface area contributed by atoms with Crippen molar-refractivity contribution in [3.8, 4) is 0 Å². The van der Waals surface area contributed by atoms with Gasteiger partial charge in [0.15, 0.2) is 0 Å². The topological polar surface area (TPSA) is 88.2 Å². The van der Waals surface area contributed by atoms with Gasteiger partial charge in [0.25, 0.3) is 0 Å². The van der Waals surface area contributed by atoms with E-state index in [1.807, 2.05) is 42.5 Å². The molecule has 0 aliphatic carbocycles. The van der Waals surface area contributed by atoms with Gasteiger partial charge in [0, 0.05) is 23.2 Å². The Hall–Kier alpha value is -3.26. The number of pyridine rings is 1. The molecule has 6 nitrogen and oxygen atoms in total. The van der Waals surface area contributed by atoms with E-state index in [1.165, 1.54) is 6.07 Å². The van der Waals surface area contributed by atoms with Crippen molar-refractivity contribution in [2.45, 2.75) is 23.8 Å². The monoisotopic (exact) mass is 493 g/mol. The van der Waals surface area contributed by atoms with Gasteiger partial charge in [-0.3, -0.25) is 9.78 Å². The van der Waals surface area contributed by atoms with Crippen LogP contribution in [0.5, 0.6) is 0 Å². The van der Waals surface area contributed by atoms with Crippen molar-refractivity contribution in [2.75, 3.05) is 6.54 Å². The summed E-state index contributed by atoms with van der Waals surface area (Å²) < 4.78 is 29.3. The zero-order valence-electron chi connectivity index (χ0n) is 18.3. The molecule has 4 aromatic rings. The molecule has 0 saturated heterocycles. The molecule has 0 saturated carbocycles. The fourth-order valence-electron chi connectivity index (χ4n) is 3.69. The van der Waals surface area contributed by atoms with Crippen LogP contribution in [-0.2, 0) is 27.7 Å². The standard InChI is InChI=1S/C26H24ClN3O3S/c27-22-13-11-19(12-14-22)15-17-29-26(31)23(18-20-6-2-1-3-7-20)30-34(32,33)24-10-4-8-21-9-5-16-28-25(21)24/h1-14,16,23,30H,15,17-18H2,(H,29,31)/t23-/m0/s1. The van der Waals surface area contributed by atoms with Crippen LogP contribution in [0.15, 0.2) is 96.0 Å². The largest absolute Gasteiger partial charge is 0.354 e. The lowest BCUT2D eigenvalue weighted by Gasteiger charge is -2.19. The molecule has 174 valence electrons. The Kier molecular flexibility index (Phi) is 7.57. The van der Waals surface area contributed by atoms with Crippen LogP contribution >= 0.6 is 11.6 Å². The zero-order chi connectivity index (χ0) is 24.0. The lowest BCUT2D eigenvalue weighted by Crippen LogP contribution is -2.48. The highest BCUT2D eigenvalue weighted by Gasteiger charge is 2.27. The maximum Gasteiger partial charge on any atom is 0.243 e. The molecule has 0 fully saturated rings. The van der Waals surface area contributed by atoms with E-state index in [0.717, 1.165) is 11.1 Å². The molecule has 0 unspecified atom stereocenters. The Morgan fingerprint density at radius 2 is 1.62 bits per heavy atom. The smallest absolute Gasteiger partial charge is 0.243 e. The van der Waals surface area contributed by atoms with Gasteiger partial charge in [0.2, 0.25) is 15.9 Å². The van der Waals surface area contributed by atoms with Gasteiger partial charge in [-0.15, -0.1) is 0 Å². The molecule has 0 aliphatic heterocycles. The van der Waals surface area contributed by atoms with Crippen molar-refractivity contribution in [3.63, 3.8) is 0 Å². The number of carbonyl (C=O) groups is 1. The van der Waals surface area contributed by atoms with Crippen LogP contribution in [0, 0.1) is 0 Å². The first kappa shape index (κ1) is 23.9. The SMILES string of the molecule is O=C(NCCc1ccc(Cl)cc1)[C@H](Cc1ccccc1)NS(=O)(=O)c1cccc2cccnc12. The van der Waals surface area contributed by atoms with Gasteiger partial charge >= 0.3 is 0 Å². The molecular formula is C26H24ClN3O3S. The molecule has 0 bridgehead atoms. The number of benzene rings is 3. The number of amides is 1. The van der Waals surface area contributed by atoms with Gasteiger partial charge in [-0.25, -0.2) is 8.42 Å². The van der Waals surface area contributed by atoms with Gasteiger partial charge < -0.3 is 5.32 Å². The number of para-hydroxylation sites is 1. The molecule has 1 heterocycles. The highest BCUT2D eigenvalue weighted by atomic mass is 35.5. The number of aromatic nitrogens is 1. The number of hydrogen-bond acceptors (Lipinski definition) is 4. The molecular weight excluding hydrogens is 470 g/mol. The first-order chi connectivity index (χ1) is 16.4. The van der Waals surface area contributed by atoms with Crippen LogP contribution < -0.4 is 10.0 Å². The Morgan fingerprint density at radius 1 is 0.882 bits per heavy atom. The Balaban J connectivity index is 1.54. The molecule has 3 aromatic carbocycles. The third-order valence-corrected chi connectivity index (χ3v) is 7.16. The normalized spacial score (nSPS) is 12.4. The fourth-order valence-corrected chi connectivity index (χ4v) is 5.19. The molecule has 0 aliphatic rings. The van der Waals surface area contributed by atoms with Crippen molar-refractivity contribution < 1.29 is 13.2 Å². The third kappa shape index (κ3) is 5.99. The van der Waals surface area contributed by atoms with E-state index < -0.39 is 22.0 Å². The van der Waals surface area contributed by atoms with Gasteiger partial charge in [-0.05, 0) is 48.2 Å². The first-order valence-corrected chi connectivity index (χ1v) is 12.7. The first-order valence-electron chi connectivity index (χ1n) is 10.8. The van der Waals surface area contributed by atoms with Crippen LogP contribution in [0.25, 0.3) is 10.9 Å². The second kappa shape index (κ2) is 10.8. The summed E-state index contributed by atoms with van der Waals surface area (Å²) in [7, 11) is -4.02. The number of halogens is 1. The molecule has 34 heavy (non-hydrogen) atoms. The van der Waals surface area contributed by atoms with Gasteiger partial charge in [0.05, 0.1) is 5.52 Å². The summed E-state index contributed by atoms with van der Waals surface area (Å²) >= 11 is 5.92. The second-order valence-corrected chi connectivity index (χ2v) is 9.98. The quantitative estimate of drug-likeness (QED) is 0.367.